The van der Waals surface area contributed by atoms with Gasteiger partial charge in [-0.25, -0.2) is 0 Å². The summed E-state index contributed by atoms with van der Waals surface area (Å²) in [6, 6.07) is 0. The van der Waals surface area contributed by atoms with E-state index in [9.17, 15) is 4.57 Å². The average molecular weight is 267 g/mol. The molecule has 6 nitrogen and oxygen atoms in total. The Morgan fingerprint density at radius 3 is 2.59 bits per heavy atom. The van der Waals surface area contributed by atoms with Gasteiger partial charge in [-0.3, -0.25) is 9.46 Å². The third-order valence-corrected chi connectivity index (χ3v) is 4.26. The molecule has 1 fully saturated rings. The van der Waals surface area contributed by atoms with Gasteiger partial charge in [0.1, 0.15) is 0 Å². The Labute approximate surface area is 103 Å². The number of hydrogen-bond donors (Lipinski definition) is 3. The Bertz CT molecular complexity index is 283. The number of hydrogen-bond acceptors (Lipinski definition) is 3. The molecule has 0 aromatic rings. The summed E-state index contributed by atoms with van der Waals surface area (Å²) in [5.41, 5.74) is 0. The molecule has 17 heavy (non-hydrogen) atoms. The number of aliphatic hydroxyl groups is 1. The minimum atomic E-state index is -3.89. The number of likely N-dealkylation sites (N-methyl/N-ethyl adjacent to an activating group) is 1. The Kier molecular flexibility index (Phi) is 5.57. The second-order valence-corrected chi connectivity index (χ2v) is 6.87. The van der Waals surface area contributed by atoms with Gasteiger partial charge in [-0.1, -0.05) is 0 Å². The lowest BCUT2D eigenvalue weighted by atomic mass is 10.3. The highest BCUT2D eigenvalue weighted by atomic mass is 31.2. The van der Waals surface area contributed by atoms with Crippen molar-refractivity contribution in [2.45, 2.75) is 6.42 Å². The van der Waals surface area contributed by atoms with Crippen LogP contribution in [0.3, 0.4) is 0 Å². The van der Waals surface area contributed by atoms with Gasteiger partial charge < -0.3 is 19.4 Å². The predicted octanol–water partition coefficient (Wildman–Crippen LogP) is -0.691. The van der Waals surface area contributed by atoms with E-state index in [1.54, 1.807) is 0 Å². The summed E-state index contributed by atoms with van der Waals surface area (Å²) in [5, 5.41) is 8.90. The highest BCUT2D eigenvalue weighted by molar-refractivity contribution is 7.51. The number of rotatable bonds is 5. The Hall–Kier alpha value is 0.0300. The van der Waals surface area contributed by atoms with E-state index in [2.05, 4.69) is 11.9 Å². The second kappa shape index (κ2) is 6.27. The quantitative estimate of drug-likeness (QED) is 0.454. The zero-order chi connectivity index (χ0) is 12.9. The molecule has 0 amide bonds. The van der Waals surface area contributed by atoms with Crippen molar-refractivity contribution in [1.82, 2.24) is 4.90 Å². The van der Waals surface area contributed by atoms with Gasteiger partial charge in [0.25, 0.3) is 0 Å². The summed E-state index contributed by atoms with van der Waals surface area (Å²) < 4.78 is 11.6. The monoisotopic (exact) mass is 267 g/mol. The molecule has 0 aromatic carbocycles. The van der Waals surface area contributed by atoms with Crippen LogP contribution in [0.1, 0.15) is 6.42 Å². The van der Waals surface area contributed by atoms with Crippen molar-refractivity contribution in [1.29, 1.82) is 0 Å². The summed E-state index contributed by atoms with van der Waals surface area (Å²) in [6.07, 6.45) is 0.973. The van der Waals surface area contributed by atoms with Gasteiger partial charge in [0, 0.05) is 26.1 Å². The maximum Gasteiger partial charge on any atom is 0.331 e. The molecule has 1 saturated heterocycles. The van der Waals surface area contributed by atoms with Crippen LogP contribution in [-0.4, -0.2) is 83.4 Å². The van der Waals surface area contributed by atoms with E-state index in [1.165, 1.54) is 0 Å². The Balaban J connectivity index is 2.45. The topological polar surface area (TPSA) is 81.0 Å². The number of β-amino-alcohol motifs (C(OH)–C–C–N with tert-alkyl or cyclic N) is 1. The Morgan fingerprint density at radius 1 is 1.29 bits per heavy atom. The average Bonchev–Trinajstić information content (AvgIpc) is 2.39. The van der Waals surface area contributed by atoms with Gasteiger partial charge in [0.05, 0.1) is 39.5 Å². The predicted molar refractivity (Wildman–Crippen MR) is 65.8 cm³/mol. The summed E-state index contributed by atoms with van der Waals surface area (Å²) in [6.45, 7) is 5.08. The molecule has 0 spiro atoms. The highest BCUT2D eigenvalue weighted by Crippen LogP contribution is 2.34. The first-order valence-electron chi connectivity index (χ1n) is 6.06. The molecular weight excluding hydrogens is 243 g/mol. The van der Waals surface area contributed by atoms with Gasteiger partial charge in [0.2, 0.25) is 0 Å². The molecule has 1 atom stereocenters. The number of aliphatic hydroxyl groups excluding tert-OH is 1. The van der Waals surface area contributed by atoms with Crippen LogP contribution >= 0.6 is 7.60 Å². The van der Waals surface area contributed by atoms with E-state index in [4.69, 9.17) is 14.9 Å². The first-order valence-corrected chi connectivity index (χ1v) is 7.86. The standard InChI is InChI=1S/C10H23N2O4P/c1-12(8-10-17(14,15)16)6-2-3-11(4-7-12)5-9-13/h13H,2-10H2,1H3,(H-,14,15,16)/p+1. The van der Waals surface area contributed by atoms with Crippen LogP contribution in [0, 0.1) is 0 Å². The van der Waals surface area contributed by atoms with E-state index in [-0.39, 0.29) is 12.8 Å². The van der Waals surface area contributed by atoms with Crippen LogP contribution in [0.5, 0.6) is 0 Å². The van der Waals surface area contributed by atoms with Crippen LogP contribution in [0.25, 0.3) is 0 Å². The lowest BCUT2D eigenvalue weighted by Gasteiger charge is -2.33. The molecule has 1 unspecified atom stereocenters. The smallest absolute Gasteiger partial charge is 0.331 e. The van der Waals surface area contributed by atoms with Crippen molar-refractivity contribution in [2.24, 2.45) is 0 Å². The summed E-state index contributed by atoms with van der Waals surface area (Å²) in [7, 11) is -1.83. The summed E-state index contributed by atoms with van der Waals surface area (Å²) in [5.74, 6) is 0. The molecule has 7 heteroatoms. The van der Waals surface area contributed by atoms with Gasteiger partial charge in [-0.2, -0.15) is 0 Å². The molecular formula is C10H24N2O4P+. The molecule has 1 aliphatic heterocycles. The van der Waals surface area contributed by atoms with E-state index in [0.717, 1.165) is 32.6 Å². The minimum Gasteiger partial charge on any atom is -0.395 e. The maximum absolute atomic E-state index is 10.9. The Morgan fingerprint density at radius 2 is 2.00 bits per heavy atom. The minimum absolute atomic E-state index is 0.0382. The van der Waals surface area contributed by atoms with Crippen molar-refractivity contribution in [2.75, 3.05) is 59.1 Å². The fourth-order valence-corrected chi connectivity index (χ4v) is 2.99. The van der Waals surface area contributed by atoms with Crippen LogP contribution in [-0.2, 0) is 4.57 Å². The SMILES string of the molecule is C[N+]1(CCP(=O)(O)O)CCCN(CCO)CC1. The third kappa shape index (κ3) is 5.95. The molecule has 0 saturated carbocycles. The fraction of sp³-hybridized carbons (Fsp3) is 1.00. The van der Waals surface area contributed by atoms with E-state index in [0.29, 0.717) is 17.6 Å². The first kappa shape index (κ1) is 15.1. The summed E-state index contributed by atoms with van der Waals surface area (Å²) >= 11 is 0. The van der Waals surface area contributed by atoms with Gasteiger partial charge in [-0.05, 0) is 0 Å². The molecule has 3 N–H and O–H groups in total. The normalized spacial score (nSPS) is 28.0. The van der Waals surface area contributed by atoms with Crippen molar-refractivity contribution >= 4 is 7.60 Å². The zero-order valence-electron chi connectivity index (χ0n) is 10.5. The second-order valence-electron chi connectivity index (χ2n) is 5.10. The van der Waals surface area contributed by atoms with Crippen molar-refractivity contribution < 1.29 is 23.9 Å². The zero-order valence-corrected chi connectivity index (χ0v) is 11.3. The molecule has 1 heterocycles. The first-order chi connectivity index (χ1) is 7.85. The van der Waals surface area contributed by atoms with Crippen molar-refractivity contribution in [3.63, 3.8) is 0 Å². The largest absolute Gasteiger partial charge is 0.395 e. The third-order valence-electron chi connectivity index (χ3n) is 3.48. The van der Waals surface area contributed by atoms with E-state index in [1.807, 2.05) is 0 Å². The molecule has 0 aromatic heterocycles. The molecule has 1 aliphatic rings. The van der Waals surface area contributed by atoms with Crippen LogP contribution in [0.4, 0.5) is 0 Å². The molecule has 0 radical (unpaired) electrons. The van der Waals surface area contributed by atoms with Gasteiger partial charge >= 0.3 is 7.60 Å². The van der Waals surface area contributed by atoms with Crippen molar-refractivity contribution in [3.05, 3.63) is 0 Å². The molecule has 0 aliphatic carbocycles. The van der Waals surface area contributed by atoms with E-state index < -0.39 is 7.60 Å². The molecule has 102 valence electrons. The fourth-order valence-electron chi connectivity index (χ4n) is 2.24. The van der Waals surface area contributed by atoms with Gasteiger partial charge in [-0.15, -0.1) is 0 Å². The van der Waals surface area contributed by atoms with Crippen LogP contribution in [0.15, 0.2) is 0 Å². The lowest BCUT2D eigenvalue weighted by Crippen LogP contribution is -2.48. The van der Waals surface area contributed by atoms with Crippen LogP contribution in [0.2, 0.25) is 0 Å². The molecule has 0 bridgehead atoms. The number of quaternary nitrogens is 1. The van der Waals surface area contributed by atoms with Crippen molar-refractivity contribution in [3.8, 4) is 0 Å². The summed E-state index contributed by atoms with van der Waals surface area (Å²) in [4.78, 5) is 20.1. The maximum atomic E-state index is 10.9. The lowest BCUT2D eigenvalue weighted by molar-refractivity contribution is -0.905. The van der Waals surface area contributed by atoms with Crippen LogP contribution < -0.4 is 0 Å². The van der Waals surface area contributed by atoms with E-state index >= 15 is 0 Å². The molecule has 1 rings (SSSR count). The van der Waals surface area contributed by atoms with Gasteiger partial charge in [0.15, 0.2) is 0 Å². The highest BCUT2D eigenvalue weighted by Gasteiger charge is 2.28. The number of nitrogens with zero attached hydrogens (tertiary/aromatic N) is 2.